The molecule has 0 N–H and O–H groups in total. The van der Waals surface area contributed by atoms with E-state index in [0.717, 1.165) is 0 Å². The van der Waals surface area contributed by atoms with Crippen molar-refractivity contribution in [3.8, 4) is 0 Å². The molecular weight excluding hydrogens is 306 g/mol. The van der Waals surface area contributed by atoms with Crippen molar-refractivity contribution in [2.24, 2.45) is 0 Å². The molecule has 0 saturated carbocycles. The van der Waals surface area contributed by atoms with Gasteiger partial charge in [0.25, 0.3) is 11.8 Å². The molecule has 0 fully saturated rings. The lowest BCUT2D eigenvalue weighted by atomic mass is 10.1. The number of hydroxylamine groups is 2. The van der Waals surface area contributed by atoms with E-state index in [2.05, 4.69) is 0 Å². The van der Waals surface area contributed by atoms with Gasteiger partial charge in [-0.25, -0.2) is 4.79 Å². The average Bonchev–Trinajstić information content (AvgIpc) is 2.73. The number of amides is 2. The molecule has 0 bridgehead atoms. The van der Waals surface area contributed by atoms with Crippen LogP contribution >= 0.6 is 11.6 Å². The SMILES string of the molecule is O=C(Cc1cccc(Cl)c1)ON1C(=O)c2ccccc2C1=O. The van der Waals surface area contributed by atoms with E-state index in [-0.39, 0.29) is 17.5 Å². The number of nitrogens with zero attached hydrogens (tertiary/aromatic N) is 1. The number of carbonyl (C=O) groups is 3. The molecule has 5 nitrogen and oxygen atoms in total. The van der Waals surface area contributed by atoms with Gasteiger partial charge < -0.3 is 4.84 Å². The molecule has 1 aliphatic rings. The first kappa shape index (κ1) is 14.3. The van der Waals surface area contributed by atoms with Gasteiger partial charge in [-0.15, -0.1) is 0 Å². The number of fused-ring (bicyclic) bond motifs is 1. The molecule has 0 radical (unpaired) electrons. The van der Waals surface area contributed by atoms with Gasteiger partial charge in [0, 0.05) is 5.02 Å². The normalized spacial score (nSPS) is 13.2. The summed E-state index contributed by atoms with van der Waals surface area (Å²) in [6.45, 7) is 0. The zero-order chi connectivity index (χ0) is 15.7. The fourth-order valence-electron chi connectivity index (χ4n) is 2.20. The molecule has 2 amide bonds. The highest BCUT2D eigenvalue weighted by Crippen LogP contribution is 2.23. The average molecular weight is 316 g/mol. The van der Waals surface area contributed by atoms with Gasteiger partial charge in [-0.05, 0) is 29.8 Å². The minimum absolute atomic E-state index is 0.0893. The Balaban J connectivity index is 1.73. The highest BCUT2D eigenvalue weighted by Gasteiger charge is 2.38. The smallest absolute Gasteiger partial charge is 0.329 e. The fraction of sp³-hybridized carbons (Fsp3) is 0.0625. The summed E-state index contributed by atoms with van der Waals surface area (Å²) in [4.78, 5) is 40.9. The third-order valence-electron chi connectivity index (χ3n) is 3.19. The Labute approximate surface area is 131 Å². The molecule has 110 valence electrons. The van der Waals surface area contributed by atoms with Crippen LogP contribution in [0.15, 0.2) is 48.5 Å². The number of carbonyl (C=O) groups excluding carboxylic acids is 3. The number of halogens is 1. The van der Waals surface area contributed by atoms with Crippen molar-refractivity contribution in [1.82, 2.24) is 5.06 Å². The minimum atomic E-state index is -0.711. The van der Waals surface area contributed by atoms with E-state index < -0.39 is 17.8 Å². The first-order valence-corrected chi connectivity index (χ1v) is 6.87. The lowest BCUT2D eigenvalue weighted by molar-refractivity contribution is -0.167. The fourth-order valence-corrected chi connectivity index (χ4v) is 2.41. The summed E-state index contributed by atoms with van der Waals surface area (Å²) < 4.78 is 0. The van der Waals surface area contributed by atoms with Gasteiger partial charge in [0.2, 0.25) is 0 Å². The van der Waals surface area contributed by atoms with Gasteiger partial charge in [-0.1, -0.05) is 40.9 Å². The van der Waals surface area contributed by atoms with Crippen LogP contribution < -0.4 is 0 Å². The number of rotatable bonds is 3. The number of hydrogen-bond acceptors (Lipinski definition) is 4. The van der Waals surface area contributed by atoms with Crippen LogP contribution in [-0.4, -0.2) is 22.8 Å². The molecule has 2 aromatic rings. The van der Waals surface area contributed by atoms with Gasteiger partial charge in [0.15, 0.2) is 0 Å². The summed E-state index contributed by atoms with van der Waals surface area (Å²) in [6.07, 6.45) is -0.0893. The lowest BCUT2D eigenvalue weighted by Gasteiger charge is -2.12. The van der Waals surface area contributed by atoms with Gasteiger partial charge in [-0.3, -0.25) is 9.59 Å². The Morgan fingerprint density at radius 3 is 2.23 bits per heavy atom. The van der Waals surface area contributed by atoms with Gasteiger partial charge in [0.1, 0.15) is 0 Å². The molecule has 2 aromatic carbocycles. The summed E-state index contributed by atoms with van der Waals surface area (Å²) in [5, 5.41) is 0.989. The molecule has 0 aliphatic carbocycles. The highest BCUT2D eigenvalue weighted by molar-refractivity contribution is 6.30. The number of hydrogen-bond donors (Lipinski definition) is 0. The van der Waals surface area contributed by atoms with Crippen molar-refractivity contribution in [1.29, 1.82) is 0 Å². The molecule has 0 saturated heterocycles. The lowest BCUT2D eigenvalue weighted by Crippen LogP contribution is -2.33. The van der Waals surface area contributed by atoms with E-state index in [0.29, 0.717) is 15.6 Å². The summed E-state index contributed by atoms with van der Waals surface area (Å²) in [5.74, 6) is -1.99. The van der Waals surface area contributed by atoms with Crippen molar-refractivity contribution in [3.05, 3.63) is 70.2 Å². The van der Waals surface area contributed by atoms with E-state index in [4.69, 9.17) is 16.4 Å². The summed E-state index contributed by atoms with van der Waals surface area (Å²) in [5.41, 5.74) is 1.08. The molecule has 1 aliphatic heterocycles. The molecule has 0 unspecified atom stereocenters. The molecule has 22 heavy (non-hydrogen) atoms. The van der Waals surface area contributed by atoms with Crippen LogP contribution in [0.1, 0.15) is 26.3 Å². The maximum atomic E-state index is 12.1. The van der Waals surface area contributed by atoms with Crippen LogP contribution in [0.25, 0.3) is 0 Å². The summed E-state index contributed by atoms with van der Waals surface area (Å²) in [6, 6.07) is 13.0. The van der Waals surface area contributed by atoms with Crippen molar-refractivity contribution in [3.63, 3.8) is 0 Å². The number of imide groups is 1. The Kier molecular flexibility index (Phi) is 3.65. The molecule has 0 aromatic heterocycles. The first-order valence-electron chi connectivity index (χ1n) is 6.49. The van der Waals surface area contributed by atoms with E-state index >= 15 is 0 Å². The highest BCUT2D eigenvalue weighted by atomic mass is 35.5. The van der Waals surface area contributed by atoms with Gasteiger partial charge in [-0.2, -0.15) is 0 Å². The molecule has 0 atom stereocenters. The van der Waals surface area contributed by atoms with Crippen LogP contribution in [0.3, 0.4) is 0 Å². The Morgan fingerprint density at radius 1 is 1.00 bits per heavy atom. The van der Waals surface area contributed by atoms with Crippen molar-refractivity contribution in [2.45, 2.75) is 6.42 Å². The van der Waals surface area contributed by atoms with Crippen molar-refractivity contribution < 1.29 is 19.2 Å². The monoisotopic (exact) mass is 315 g/mol. The van der Waals surface area contributed by atoms with E-state index in [9.17, 15) is 14.4 Å². The van der Waals surface area contributed by atoms with Crippen molar-refractivity contribution >= 4 is 29.4 Å². The largest absolute Gasteiger partial charge is 0.337 e. The second-order valence-electron chi connectivity index (χ2n) is 4.72. The van der Waals surface area contributed by atoms with Crippen LogP contribution in [-0.2, 0) is 16.1 Å². The molecule has 1 heterocycles. The third-order valence-corrected chi connectivity index (χ3v) is 3.42. The maximum absolute atomic E-state index is 12.1. The Bertz CT molecular complexity index is 752. The third kappa shape index (κ3) is 2.58. The van der Waals surface area contributed by atoms with Crippen LogP contribution in [0.5, 0.6) is 0 Å². The standard InChI is InChI=1S/C16H10ClNO4/c17-11-5-3-4-10(8-11)9-14(19)22-18-15(20)12-6-1-2-7-13(12)16(18)21/h1-8H,9H2. The Morgan fingerprint density at radius 2 is 1.64 bits per heavy atom. The van der Waals surface area contributed by atoms with Crippen LogP contribution in [0, 0.1) is 0 Å². The summed E-state index contributed by atoms with van der Waals surface area (Å²) >= 11 is 5.84. The first-order chi connectivity index (χ1) is 10.6. The minimum Gasteiger partial charge on any atom is -0.329 e. The zero-order valence-electron chi connectivity index (χ0n) is 11.3. The quantitative estimate of drug-likeness (QED) is 0.817. The Hall–Kier alpha value is -2.66. The molecule has 6 heteroatoms. The predicted octanol–water partition coefficient (Wildman–Crippen LogP) is 2.64. The van der Waals surface area contributed by atoms with Gasteiger partial charge >= 0.3 is 5.97 Å². The molecule has 3 rings (SSSR count). The van der Waals surface area contributed by atoms with Crippen molar-refractivity contribution in [2.75, 3.05) is 0 Å². The van der Waals surface area contributed by atoms with Gasteiger partial charge in [0.05, 0.1) is 17.5 Å². The maximum Gasteiger partial charge on any atom is 0.337 e. The number of benzene rings is 2. The van der Waals surface area contributed by atoms with E-state index in [1.165, 1.54) is 12.1 Å². The second kappa shape index (κ2) is 5.61. The van der Waals surface area contributed by atoms with E-state index in [1.807, 2.05) is 0 Å². The zero-order valence-corrected chi connectivity index (χ0v) is 12.0. The molecular formula is C16H10ClNO4. The van der Waals surface area contributed by atoms with Crippen LogP contribution in [0.4, 0.5) is 0 Å². The second-order valence-corrected chi connectivity index (χ2v) is 5.16. The summed E-state index contributed by atoms with van der Waals surface area (Å²) in [7, 11) is 0. The van der Waals surface area contributed by atoms with Crippen LogP contribution in [0.2, 0.25) is 5.02 Å². The molecule has 0 spiro atoms. The topological polar surface area (TPSA) is 63.7 Å². The predicted molar refractivity (Wildman–Crippen MR) is 78.2 cm³/mol. The van der Waals surface area contributed by atoms with E-state index in [1.54, 1.807) is 36.4 Å².